The zero-order chi connectivity index (χ0) is 17.8. The van der Waals surface area contributed by atoms with Crippen molar-refractivity contribution in [3.63, 3.8) is 0 Å². The molecule has 0 saturated carbocycles. The van der Waals surface area contributed by atoms with Crippen LogP contribution in [0.25, 0.3) is 0 Å². The van der Waals surface area contributed by atoms with Gasteiger partial charge in [-0.3, -0.25) is 19.4 Å². The molecule has 3 rings (SSSR count). The fourth-order valence-electron chi connectivity index (χ4n) is 2.56. The number of aromatic amines is 1. The number of rotatable bonds is 6. The van der Waals surface area contributed by atoms with E-state index < -0.39 is 0 Å². The summed E-state index contributed by atoms with van der Waals surface area (Å²) in [5.74, 6) is -0.441. The summed E-state index contributed by atoms with van der Waals surface area (Å²) in [6, 6.07) is 11.1. The van der Waals surface area contributed by atoms with Crippen LogP contribution in [-0.4, -0.2) is 31.7 Å². The molecule has 1 atom stereocenters. The van der Waals surface area contributed by atoms with Gasteiger partial charge in [-0.05, 0) is 12.5 Å². The van der Waals surface area contributed by atoms with Crippen LogP contribution in [0.2, 0.25) is 0 Å². The van der Waals surface area contributed by atoms with Crippen LogP contribution in [-0.2, 0) is 0 Å². The van der Waals surface area contributed by atoms with Gasteiger partial charge >= 0.3 is 0 Å². The van der Waals surface area contributed by atoms with E-state index in [1.807, 2.05) is 37.3 Å². The molecule has 25 heavy (non-hydrogen) atoms. The second-order valence-electron chi connectivity index (χ2n) is 5.66. The number of carbonyl (C=O) groups is 2. The Morgan fingerprint density at radius 3 is 2.68 bits per heavy atom. The van der Waals surface area contributed by atoms with E-state index in [1.54, 1.807) is 23.9 Å². The fraction of sp³-hybridized carbons (Fsp3) is 0.222. The molecule has 2 heterocycles. The van der Waals surface area contributed by atoms with Crippen molar-refractivity contribution in [2.24, 2.45) is 0 Å². The molecule has 0 spiro atoms. The van der Waals surface area contributed by atoms with Gasteiger partial charge < -0.3 is 5.32 Å². The molecule has 0 fully saturated rings. The zero-order valence-electron chi connectivity index (χ0n) is 14.1. The van der Waals surface area contributed by atoms with Crippen molar-refractivity contribution in [3.05, 3.63) is 65.7 Å². The van der Waals surface area contributed by atoms with E-state index in [4.69, 9.17) is 0 Å². The summed E-state index contributed by atoms with van der Waals surface area (Å²) in [6.07, 6.45) is 3.42. The Morgan fingerprint density at radius 1 is 1.28 bits per heavy atom. The summed E-state index contributed by atoms with van der Waals surface area (Å²) in [6.45, 7) is 3.71. The Labute approximate surface area is 145 Å². The molecular weight excluding hydrogens is 318 g/mol. The first-order valence-corrected chi connectivity index (χ1v) is 8.08. The molecule has 0 bridgehead atoms. The maximum atomic E-state index is 12.7. The number of nitrogens with zero attached hydrogens (tertiary/aromatic N) is 3. The third-order valence-corrected chi connectivity index (χ3v) is 3.98. The summed E-state index contributed by atoms with van der Waals surface area (Å²) < 4.78 is 1.59. The molecule has 2 aromatic heterocycles. The third-order valence-electron chi connectivity index (χ3n) is 3.98. The Kier molecular flexibility index (Phi) is 4.74. The summed E-state index contributed by atoms with van der Waals surface area (Å²) >= 11 is 0. The second kappa shape index (κ2) is 7.12. The number of benzene rings is 1. The van der Waals surface area contributed by atoms with Crippen molar-refractivity contribution in [1.82, 2.24) is 20.0 Å². The summed E-state index contributed by atoms with van der Waals surface area (Å²) in [4.78, 5) is 24.7. The van der Waals surface area contributed by atoms with Gasteiger partial charge in [-0.25, -0.2) is 0 Å². The van der Waals surface area contributed by atoms with Crippen LogP contribution in [0.5, 0.6) is 0 Å². The number of nitrogens with one attached hydrogen (secondary N) is 2. The molecule has 7 nitrogen and oxygen atoms in total. The van der Waals surface area contributed by atoms with Crippen LogP contribution in [0.1, 0.15) is 52.9 Å². The van der Waals surface area contributed by atoms with Crippen LogP contribution in [0, 0.1) is 0 Å². The average Bonchev–Trinajstić information content (AvgIpc) is 3.30. The van der Waals surface area contributed by atoms with Crippen LogP contribution >= 0.6 is 0 Å². The van der Waals surface area contributed by atoms with Gasteiger partial charge in [0, 0.05) is 18.7 Å². The molecule has 0 radical (unpaired) electrons. The molecule has 7 heteroatoms. The highest BCUT2D eigenvalue weighted by atomic mass is 16.2. The number of ketones is 1. The van der Waals surface area contributed by atoms with Crippen molar-refractivity contribution in [2.45, 2.75) is 26.3 Å². The summed E-state index contributed by atoms with van der Waals surface area (Å²) in [7, 11) is 0. The number of hydrogen-bond donors (Lipinski definition) is 2. The normalized spacial score (nSPS) is 11.9. The van der Waals surface area contributed by atoms with Gasteiger partial charge in [0.15, 0.2) is 5.78 Å². The quantitative estimate of drug-likeness (QED) is 0.676. The first-order valence-electron chi connectivity index (χ1n) is 8.08. The van der Waals surface area contributed by atoms with Crippen LogP contribution in [0.4, 0.5) is 5.69 Å². The van der Waals surface area contributed by atoms with E-state index in [-0.39, 0.29) is 17.7 Å². The number of Topliss-reactive ketones (excluding diaryl/α,β-unsaturated/α-hetero) is 1. The molecular formula is C18H19N5O2. The number of anilines is 1. The Bertz CT molecular complexity index is 868. The molecule has 1 amide bonds. The third kappa shape index (κ3) is 3.50. The predicted octanol–water partition coefficient (Wildman–Crippen LogP) is 3.06. The van der Waals surface area contributed by atoms with E-state index in [9.17, 15) is 9.59 Å². The van der Waals surface area contributed by atoms with E-state index >= 15 is 0 Å². The number of hydrogen-bond acceptors (Lipinski definition) is 4. The van der Waals surface area contributed by atoms with Crippen molar-refractivity contribution in [1.29, 1.82) is 0 Å². The van der Waals surface area contributed by atoms with E-state index in [0.29, 0.717) is 23.5 Å². The Morgan fingerprint density at radius 2 is 2.04 bits per heavy atom. The molecule has 0 aliphatic carbocycles. The van der Waals surface area contributed by atoms with E-state index in [2.05, 4.69) is 20.6 Å². The van der Waals surface area contributed by atoms with Crippen molar-refractivity contribution in [2.75, 3.05) is 5.32 Å². The monoisotopic (exact) mass is 337 g/mol. The molecule has 0 aliphatic heterocycles. The highest BCUT2D eigenvalue weighted by Gasteiger charge is 2.22. The second-order valence-corrected chi connectivity index (χ2v) is 5.66. The minimum Gasteiger partial charge on any atom is -0.318 e. The lowest BCUT2D eigenvalue weighted by atomic mass is 10.1. The molecule has 0 unspecified atom stereocenters. The van der Waals surface area contributed by atoms with Crippen LogP contribution in [0.15, 0.2) is 48.8 Å². The molecule has 0 aliphatic rings. The molecule has 2 N–H and O–H groups in total. The first kappa shape index (κ1) is 16.6. The first-order chi connectivity index (χ1) is 12.1. The lowest BCUT2D eigenvalue weighted by molar-refractivity contribution is 0.0980. The molecule has 128 valence electrons. The molecule has 1 aromatic carbocycles. The van der Waals surface area contributed by atoms with Crippen molar-refractivity contribution >= 4 is 17.4 Å². The highest BCUT2D eigenvalue weighted by molar-refractivity contribution is 6.05. The predicted molar refractivity (Wildman–Crippen MR) is 93.6 cm³/mol. The number of amides is 1. The number of H-pyrrole nitrogens is 1. The van der Waals surface area contributed by atoms with Crippen molar-refractivity contribution in [3.8, 4) is 0 Å². The Hall–Kier alpha value is -3.22. The van der Waals surface area contributed by atoms with Gasteiger partial charge in [0.1, 0.15) is 11.4 Å². The topological polar surface area (TPSA) is 92.7 Å². The van der Waals surface area contributed by atoms with Crippen molar-refractivity contribution < 1.29 is 9.59 Å². The number of aromatic nitrogens is 4. The molecule has 0 saturated heterocycles. The van der Waals surface area contributed by atoms with Gasteiger partial charge in [0.05, 0.1) is 17.9 Å². The average molecular weight is 337 g/mol. The van der Waals surface area contributed by atoms with Crippen LogP contribution in [0.3, 0.4) is 0 Å². The maximum absolute atomic E-state index is 12.7. The van der Waals surface area contributed by atoms with Gasteiger partial charge in [-0.2, -0.15) is 10.2 Å². The Balaban J connectivity index is 1.99. The number of carbonyl (C=O) groups excluding carboxylic acids is 2. The molecule has 3 aromatic rings. The summed E-state index contributed by atoms with van der Waals surface area (Å²) in [5.41, 5.74) is 2.17. The lowest BCUT2D eigenvalue weighted by Gasteiger charge is -2.15. The fourth-order valence-corrected chi connectivity index (χ4v) is 2.56. The standard InChI is InChI=1S/C18H19N5O2/c1-3-17(24)15-9-16(18(25)21-14-10-19-20-11-14)23(22-15)12(2)13-7-5-4-6-8-13/h4-12H,3H2,1-2H3,(H,19,20)(H,21,25)/t12-/m0/s1. The van der Waals surface area contributed by atoms with Crippen LogP contribution < -0.4 is 5.32 Å². The van der Waals surface area contributed by atoms with Gasteiger partial charge in [0.2, 0.25) is 0 Å². The minimum atomic E-state index is -0.341. The van der Waals surface area contributed by atoms with Gasteiger partial charge in [-0.1, -0.05) is 37.3 Å². The largest absolute Gasteiger partial charge is 0.318 e. The van der Waals surface area contributed by atoms with E-state index in [1.165, 1.54) is 6.20 Å². The summed E-state index contributed by atoms with van der Waals surface area (Å²) in [5, 5.41) is 13.6. The van der Waals surface area contributed by atoms with Gasteiger partial charge in [0.25, 0.3) is 5.91 Å². The zero-order valence-corrected chi connectivity index (χ0v) is 14.1. The smallest absolute Gasteiger partial charge is 0.274 e. The SMILES string of the molecule is CCC(=O)c1cc(C(=O)Nc2cn[nH]c2)n([C@@H](C)c2ccccc2)n1. The lowest BCUT2D eigenvalue weighted by Crippen LogP contribution is -2.20. The minimum absolute atomic E-state index is 0.101. The van der Waals surface area contributed by atoms with E-state index in [0.717, 1.165) is 5.56 Å². The highest BCUT2D eigenvalue weighted by Crippen LogP contribution is 2.21. The maximum Gasteiger partial charge on any atom is 0.274 e. The van der Waals surface area contributed by atoms with Gasteiger partial charge in [-0.15, -0.1) is 0 Å².